The van der Waals surface area contributed by atoms with Crippen LogP contribution in [0.3, 0.4) is 0 Å². The molecule has 0 aliphatic heterocycles. The summed E-state index contributed by atoms with van der Waals surface area (Å²) < 4.78 is 0. The van der Waals surface area contributed by atoms with Gasteiger partial charge in [0.15, 0.2) is 0 Å². The van der Waals surface area contributed by atoms with Crippen molar-refractivity contribution in [1.82, 2.24) is 0 Å². The van der Waals surface area contributed by atoms with Crippen molar-refractivity contribution in [2.45, 2.75) is 46.0 Å². The van der Waals surface area contributed by atoms with Crippen molar-refractivity contribution in [3.8, 4) is 0 Å². The molecule has 0 aromatic heterocycles. The molecule has 0 spiro atoms. The molecule has 0 saturated carbocycles. The number of allylic oxidation sites excluding steroid dienone is 4. The van der Waals surface area contributed by atoms with Crippen molar-refractivity contribution in [2.75, 3.05) is 0 Å². The summed E-state index contributed by atoms with van der Waals surface area (Å²) in [4.78, 5) is 0. The third kappa shape index (κ3) is 2.93. The summed E-state index contributed by atoms with van der Waals surface area (Å²) >= 11 is 0. The van der Waals surface area contributed by atoms with Crippen molar-refractivity contribution >= 4 is 0 Å². The molecule has 1 aromatic carbocycles. The maximum absolute atomic E-state index is 2.37. The van der Waals surface area contributed by atoms with E-state index in [1.807, 2.05) is 0 Å². The third-order valence-electron chi connectivity index (χ3n) is 3.92. The van der Waals surface area contributed by atoms with Crippen LogP contribution in [0, 0.1) is 5.92 Å². The van der Waals surface area contributed by atoms with Crippen molar-refractivity contribution in [1.29, 1.82) is 0 Å². The van der Waals surface area contributed by atoms with Crippen LogP contribution in [-0.2, 0) is 6.42 Å². The SMILES string of the molecule is CC/C=C\C=C(/C)C1CC(C)Cc2ccccc21. The third-order valence-corrected chi connectivity index (χ3v) is 3.92. The number of rotatable bonds is 3. The van der Waals surface area contributed by atoms with E-state index >= 15 is 0 Å². The zero-order valence-electron chi connectivity index (χ0n) is 11.8. The van der Waals surface area contributed by atoms with Crippen LogP contribution in [0.2, 0.25) is 0 Å². The lowest BCUT2D eigenvalue weighted by Gasteiger charge is -2.30. The summed E-state index contributed by atoms with van der Waals surface area (Å²) in [6, 6.07) is 8.96. The first-order chi connectivity index (χ1) is 8.72. The van der Waals surface area contributed by atoms with E-state index in [2.05, 4.69) is 63.3 Å². The van der Waals surface area contributed by atoms with Crippen LogP contribution in [-0.4, -0.2) is 0 Å². The van der Waals surface area contributed by atoms with Gasteiger partial charge in [-0.2, -0.15) is 0 Å². The van der Waals surface area contributed by atoms with Crippen molar-refractivity contribution in [2.24, 2.45) is 5.92 Å². The zero-order chi connectivity index (χ0) is 13.0. The highest BCUT2D eigenvalue weighted by Crippen LogP contribution is 2.38. The Morgan fingerprint density at radius 3 is 2.89 bits per heavy atom. The average molecular weight is 240 g/mol. The van der Waals surface area contributed by atoms with Crippen molar-refractivity contribution in [3.05, 3.63) is 59.2 Å². The Bertz CT molecular complexity index is 451. The van der Waals surface area contributed by atoms with Gasteiger partial charge in [-0.25, -0.2) is 0 Å². The maximum atomic E-state index is 2.37. The van der Waals surface area contributed by atoms with Crippen molar-refractivity contribution in [3.63, 3.8) is 0 Å². The van der Waals surface area contributed by atoms with Gasteiger partial charge in [0.2, 0.25) is 0 Å². The largest absolute Gasteiger partial charge is 0.0848 e. The van der Waals surface area contributed by atoms with E-state index in [0.717, 1.165) is 12.3 Å². The summed E-state index contributed by atoms with van der Waals surface area (Å²) in [5.74, 6) is 1.41. The molecule has 2 unspecified atom stereocenters. The first kappa shape index (κ1) is 13.1. The monoisotopic (exact) mass is 240 g/mol. The molecule has 0 amide bonds. The van der Waals surface area contributed by atoms with E-state index in [1.54, 1.807) is 11.1 Å². The summed E-state index contributed by atoms with van der Waals surface area (Å²) in [7, 11) is 0. The fourth-order valence-corrected chi connectivity index (χ4v) is 2.95. The molecule has 0 radical (unpaired) electrons. The van der Waals surface area contributed by atoms with Gasteiger partial charge in [0.05, 0.1) is 0 Å². The minimum atomic E-state index is 0.617. The molecule has 0 heterocycles. The average Bonchev–Trinajstić information content (AvgIpc) is 2.38. The Labute approximate surface area is 111 Å². The van der Waals surface area contributed by atoms with Gasteiger partial charge >= 0.3 is 0 Å². The van der Waals surface area contributed by atoms with Gasteiger partial charge in [-0.1, -0.05) is 61.9 Å². The fourth-order valence-electron chi connectivity index (χ4n) is 2.95. The Hall–Kier alpha value is -1.30. The smallest absolute Gasteiger partial charge is 0.00538 e. The molecule has 0 N–H and O–H groups in total. The molecule has 2 atom stereocenters. The second-order valence-corrected chi connectivity index (χ2v) is 5.54. The topological polar surface area (TPSA) is 0 Å². The Balaban J connectivity index is 2.28. The Morgan fingerprint density at radius 1 is 1.33 bits per heavy atom. The molecule has 0 nitrogen and oxygen atoms in total. The molecule has 2 rings (SSSR count). The fraction of sp³-hybridized carbons (Fsp3) is 0.444. The minimum Gasteiger partial charge on any atom is -0.0848 e. The van der Waals surface area contributed by atoms with Gasteiger partial charge in [-0.05, 0) is 43.2 Å². The number of hydrogen-bond acceptors (Lipinski definition) is 0. The molecular formula is C18H24. The highest BCUT2D eigenvalue weighted by atomic mass is 14.3. The standard InChI is InChI=1S/C18H24/c1-4-5-6-9-15(3)18-13-14(2)12-16-10-7-8-11-17(16)18/h5-11,14,18H,4,12-13H2,1-3H3/b6-5-,15-9+. The molecular weight excluding hydrogens is 216 g/mol. The Kier molecular flexibility index (Phi) is 4.41. The lowest BCUT2D eigenvalue weighted by Crippen LogP contribution is -2.17. The second kappa shape index (κ2) is 6.04. The number of fused-ring (bicyclic) bond motifs is 1. The second-order valence-electron chi connectivity index (χ2n) is 5.54. The van der Waals surface area contributed by atoms with E-state index in [1.165, 1.54) is 18.4 Å². The van der Waals surface area contributed by atoms with Crippen LogP contribution in [0.1, 0.15) is 50.7 Å². The molecule has 0 saturated heterocycles. The van der Waals surface area contributed by atoms with Gasteiger partial charge in [-0.15, -0.1) is 0 Å². The summed E-state index contributed by atoms with van der Waals surface area (Å²) in [5, 5.41) is 0. The number of hydrogen-bond donors (Lipinski definition) is 0. The van der Waals surface area contributed by atoms with Crippen LogP contribution < -0.4 is 0 Å². The van der Waals surface area contributed by atoms with Crippen LogP contribution in [0.15, 0.2) is 48.1 Å². The van der Waals surface area contributed by atoms with Gasteiger partial charge in [0, 0.05) is 5.92 Å². The molecule has 1 aliphatic rings. The predicted octanol–water partition coefficient (Wildman–Crippen LogP) is 5.27. The molecule has 1 aromatic rings. The van der Waals surface area contributed by atoms with E-state index in [0.29, 0.717) is 5.92 Å². The highest BCUT2D eigenvalue weighted by Gasteiger charge is 2.24. The summed E-state index contributed by atoms with van der Waals surface area (Å²) in [6.07, 6.45) is 10.4. The van der Waals surface area contributed by atoms with Gasteiger partial charge in [0.25, 0.3) is 0 Å². The zero-order valence-corrected chi connectivity index (χ0v) is 11.8. The molecule has 0 heteroatoms. The highest BCUT2D eigenvalue weighted by molar-refractivity contribution is 5.39. The predicted molar refractivity (Wildman–Crippen MR) is 79.9 cm³/mol. The van der Waals surface area contributed by atoms with Gasteiger partial charge < -0.3 is 0 Å². The van der Waals surface area contributed by atoms with Gasteiger partial charge in [0.1, 0.15) is 0 Å². The lowest BCUT2D eigenvalue weighted by molar-refractivity contribution is 0.460. The first-order valence-corrected chi connectivity index (χ1v) is 7.13. The minimum absolute atomic E-state index is 0.617. The number of benzene rings is 1. The van der Waals surface area contributed by atoms with Crippen LogP contribution >= 0.6 is 0 Å². The van der Waals surface area contributed by atoms with Crippen LogP contribution in [0.4, 0.5) is 0 Å². The summed E-state index contributed by atoms with van der Waals surface area (Å²) in [5.41, 5.74) is 4.60. The lowest BCUT2D eigenvalue weighted by atomic mass is 9.74. The molecule has 1 aliphatic carbocycles. The van der Waals surface area contributed by atoms with E-state index in [-0.39, 0.29) is 0 Å². The normalized spacial score (nSPS) is 24.3. The van der Waals surface area contributed by atoms with Crippen LogP contribution in [0.5, 0.6) is 0 Å². The first-order valence-electron chi connectivity index (χ1n) is 7.13. The molecule has 0 bridgehead atoms. The molecule has 96 valence electrons. The van der Waals surface area contributed by atoms with E-state index in [4.69, 9.17) is 0 Å². The van der Waals surface area contributed by atoms with E-state index < -0.39 is 0 Å². The van der Waals surface area contributed by atoms with Crippen LogP contribution in [0.25, 0.3) is 0 Å². The summed E-state index contributed by atoms with van der Waals surface area (Å²) in [6.45, 7) is 6.83. The molecule has 18 heavy (non-hydrogen) atoms. The quantitative estimate of drug-likeness (QED) is 0.632. The van der Waals surface area contributed by atoms with Crippen molar-refractivity contribution < 1.29 is 0 Å². The molecule has 0 fully saturated rings. The Morgan fingerprint density at radius 2 is 2.11 bits per heavy atom. The maximum Gasteiger partial charge on any atom is 0.00538 e. The van der Waals surface area contributed by atoms with Gasteiger partial charge in [-0.3, -0.25) is 0 Å². The van der Waals surface area contributed by atoms with E-state index in [9.17, 15) is 0 Å².